The lowest BCUT2D eigenvalue weighted by Gasteiger charge is -2.27. The maximum absolute atomic E-state index is 10.3. The van der Waals surface area contributed by atoms with Crippen LogP contribution in [0.2, 0.25) is 0 Å². The second kappa shape index (κ2) is 5.70. The Morgan fingerprint density at radius 3 is 2.59 bits per heavy atom. The molecular weight excluding hydrogens is 214 g/mol. The lowest BCUT2D eigenvalue weighted by molar-refractivity contribution is 0.0693. The third kappa shape index (κ3) is 2.78. The van der Waals surface area contributed by atoms with Crippen LogP contribution in [0.3, 0.4) is 0 Å². The monoisotopic (exact) mass is 233 g/mol. The van der Waals surface area contributed by atoms with E-state index in [-0.39, 0.29) is 0 Å². The number of benzene rings is 1. The van der Waals surface area contributed by atoms with Crippen LogP contribution < -0.4 is 4.74 Å². The van der Waals surface area contributed by atoms with E-state index in [1.807, 2.05) is 32.0 Å². The predicted molar refractivity (Wildman–Crippen MR) is 66.6 cm³/mol. The third-order valence-electron chi connectivity index (χ3n) is 3.11. The van der Waals surface area contributed by atoms with Gasteiger partial charge in [-0.1, -0.05) is 25.1 Å². The van der Waals surface area contributed by atoms with Gasteiger partial charge in [0.25, 0.3) is 0 Å². The number of rotatable bonds is 5. The molecule has 1 aromatic carbocycles. The highest BCUT2D eigenvalue weighted by molar-refractivity contribution is 5.37. The Balaban J connectivity index is 3.12. The van der Waals surface area contributed by atoms with E-state index in [0.29, 0.717) is 24.3 Å². The molecule has 0 fully saturated rings. The van der Waals surface area contributed by atoms with Crippen LogP contribution in [-0.4, -0.2) is 11.7 Å². The molecule has 0 saturated carbocycles. The minimum atomic E-state index is -0.833. The van der Waals surface area contributed by atoms with Gasteiger partial charge in [-0.05, 0) is 26.3 Å². The van der Waals surface area contributed by atoms with Crippen molar-refractivity contribution in [2.75, 3.05) is 6.61 Å². The van der Waals surface area contributed by atoms with Gasteiger partial charge in [-0.15, -0.1) is 0 Å². The predicted octanol–water partition coefficient (Wildman–Crippen LogP) is 3.06. The topological polar surface area (TPSA) is 53.2 Å². The van der Waals surface area contributed by atoms with E-state index in [9.17, 15) is 10.4 Å². The van der Waals surface area contributed by atoms with E-state index in [1.165, 1.54) is 0 Å². The van der Waals surface area contributed by atoms with Gasteiger partial charge in [0, 0.05) is 5.56 Å². The summed E-state index contributed by atoms with van der Waals surface area (Å²) in [7, 11) is 0. The Bertz CT molecular complexity index is 411. The summed E-state index contributed by atoms with van der Waals surface area (Å²) in [5, 5.41) is 19.5. The Hall–Kier alpha value is -1.53. The molecule has 1 rings (SSSR count). The average molecular weight is 233 g/mol. The molecule has 0 amide bonds. The molecule has 0 aliphatic carbocycles. The lowest BCUT2D eigenvalue weighted by Crippen LogP contribution is -2.23. The first-order valence-corrected chi connectivity index (χ1v) is 5.90. The fourth-order valence-electron chi connectivity index (χ4n) is 1.67. The lowest BCUT2D eigenvalue weighted by atomic mass is 9.79. The summed E-state index contributed by atoms with van der Waals surface area (Å²) in [6.07, 6.45) is -0.245. The molecule has 17 heavy (non-hydrogen) atoms. The molecule has 0 aliphatic rings. The van der Waals surface area contributed by atoms with Crippen LogP contribution in [-0.2, 0) is 0 Å². The van der Waals surface area contributed by atoms with Crippen molar-refractivity contribution >= 4 is 0 Å². The zero-order valence-electron chi connectivity index (χ0n) is 10.6. The highest BCUT2D eigenvalue weighted by Gasteiger charge is 2.34. The molecule has 92 valence electrons. The van der Waals surface area contributed by atoms with Gasteiger partial charge < -0.3 is 9.84 Å². The molecule has 0 saturated heterocycles. The first-order chi connectivity index (χ1) is 8.09. The van der Waals surface area contributed by atoms with Crippen molar-refractivity contribution in [1.82, 2.24) is 0 Å². The minimum Gasteiger partial charge on any atom is -0.493 e. The minimum absolute atomic E-state index is 0.541. The van der Waals surface area contributed by atoms with Gasteiger partial charge >= 0.3 is 0 Å². The molecule has 0 heterocycles. The molecule has 0 spiro atoms. The van der Waals surface area contributed by atoms with Gasteiger partial charge in [0.1, 0.15) is 11.9 Å². The highest BCUT2D eigenvalue weighted by Crippen LogP contribution is 2.39. The van der Waals surface area contributed by atoms with Crippen LogP contribution in [0.15, 0.2) is 24.3 Å². The third-order valence-corrected chi connectivity index (χ3v) is 3.11. The fraction of sp³-hybridized carbons (Fsp3) is 0.500. The largest absolute Gasteiger partial charge is 0.493 e. The summed E-state index contributed by atoms with van der Waals surface area (Å²) < 4.78 is 5.47. The molecule has 1 aromatic rings. The van der Waals surface area contributed by atoms with Crippen molar-refractivity contribution in [3.05, 3.63) is 29.8 Å². The van der Waals surface area contributed by atoms with E-state index < -0.39 is 11.5 Å². The Labute approximate surface area is 103 Å². The quantitative estimate of drug-likeness (QED) is 0.850. The van der Waals surface area contributed by atoms with E-state index in [4.69, 9.17) is 4.74 Å². The SMILES string of the molecule is CCOc1ccccc1C(O)C(C)(C#N)CC. The van der Waals surface area contributed by atoms with Crippen LogP contribution in [0.1, 0.15) is 38.9 Å². The summed E-state index contributed by atoms with van der Waals surface area (Å²) in [6.45, 7) is 6.10. The number of aliphatic hydroxyl groups excluding tert-OH is 1. The van der Waals surface area contributed by atoms with Gasteiger partial charge in [0.2, 0.25) is 0 Å². The van der Waals surface area contributed by atoms with Crippen molar-refractivity contribution in [3.8, 4) is 11.8 Å². The van der Waals surface area contributed by atoms with Crippen LogP contribution in [0, 0.1) is 16.7 Å². The van der Waals surface area contributed by atoms with Gasteiger partial charge in [-0.25, -0.2) is 0 Å². The molecule has 2 atom stereocenters. The summed E-state index contributed by atoms with van der Waals surface area (Å²) in [4.78, 5) is 0. The van der Waals surface area contributed by atoms with E-state index in [2.05, 4.69) is 6.07 Å². The molecule has 3 nitrogen and oxygen atoms in total. The first kappa shape index (κ1) is 13.5. The maximum atomic E-state index is 10.3. The molecule has 0 radical (unpaired) electrons. The van der Waals surface area contributed by atoms with Crippen LogP contribution in [0.25, 0.3) is 0 Å². The summed E-state index contributed by atoms with van der Waals surface area (Å²) in [6, 6.07) is 9.51. The smallest absolute Gasteiger partial charge is 0.125 e. The Morgan fingerprint density at radius 2 is 2.06 bits per heavy atom. The number of aliphatic hydroxyl groups is 1. The molecule has 0 aliphatic heterocycles. The first-order valence-electron chi connectivity index (χ1n) is 5.90. The van der Waals surface area contributed by atoms with Crippen LogP contribution in [0.5, 0.6) is 5.75 Å². The Morgan fingerprint density at radius 1 is 1.41 bits per heavy atom. The zero-order valence-corrected chi connectivity index (χ0v) is 10.6. The van der Waals surface area contributed by atoms with E-state index in [0.717, 1.165) is 0 Å². The fourth-order valence-corrected chi connectivity index (χ4v) is 1.67. The number of hydrogen-bond donors (Lipinski definition) is 1. The van der Waals surface area contributed by atoms with E-state index >= 15 is 0 Å². The van der Waals surface area contributed by atoms with Crippen molar-refractivity contribution in [1.29, 1.82) is 5.26 Å². The maximum Gasteiger partial charge on any atom is 0.125 e. The second-order valence-electron chi connectivity index (χ2n) is 4.26. The Kier molecular flexibility index (Phi) is 4.53. The van der Waals surface area contributed by atoms with Crippen molar-refractivity contribution in [3.63, 3.8) is 0 Å². The highest BCUT2D eigenvalue weighted by atomic mass is 16.5. The number of nitriles is 1. The second-order valence-corrected chi connectivity index (χ2v) is 4.26. The number of nitrogens with zero attached hydrogens (tertiary/aromatic N) is 1. The normalized spacial score (nSPS) is 15.7. The molecule has 0 aromatic heterocycles. The molecular formula is C14H19NO2. The van der Waals surface area contributed by atoms with Crippen LogP contribution >= 0.6 is 0 Å². The van der Waals surface area contributed by atoms with Gasteiger partial charge in [0.05, 0.1) is 18.1 Å². The van der Waals surface area contributed by atoms with Crippen molar-refractivity contribution in [2.24, 2.45) is 5.41 Å². The van der Waals surface area contributed by atoms with Crippen molar-refractivity contribution in [2.45, 2.75) is 33.3 Å². The van der Waals surface area contributed by atoms with Crippen molar-refractivity contribution < 1.29 is 9.84 Å². The number of hydrogen-bond acceptors (Lipinski definition) is 3. The molecule has 2 unspecified atom stereocenters. The summed E-state index contributed by atoms with van der Waals surface area (Å²) in [5.74, 6) is 0.650. The zero-order chi connectivity index (χ0) is 12.9. The summed E-state index contributed by atoms with van der Waals surface area (Å²) >= 11 is 0. The summed E-state index contributed by atoms with van der Waals surface area (Å²) in [5.41, 5.74) is -0.104. The van der Waals surface area contributed by atoms with E-state index in [1.54, 1.807) is 13.0 Å². The van der Waals surface area contributed by atoms with Gasteiger partial charge in [0.15, 0.2) is 0 Å². The van der Waals surface area contributed by atoms with Gasteiger partial charge in [-0.3, -0.25) is 0 Å². The van der Waals surface area contributed by atoms with Crippen LogP contribution in [0.4, 0.5) is 0 Å². The number of ether oxygens (including phenoxy) is 1. The molecule has 0 bridgehead atoms. The standard InChI is InChI=1S/C14H19NO2/c1-4-14(3,10-15)13(16)11-8-6-7-9-12(11)17-5-2/h6-9,13,16H,4-5H2,1-3H3. The molecule has 3 heteroatoms. The average Bonchev–Trinajstić information content (AvgIpc) is 2.38. The number of para-hydroxylation sites is 1. The van der Waals surface area contributed by atoms with Gasteiger partial charge in [-0.2, -0.15) is 5.26 Å². The molecule has 1 N–H and O–H groups in total.